The molecule has 0 saturated carbocycles. The van der Waals surface area contributed by atoms with Gasteiger partial charge in [-0.15, -0.1) is 0 Å². The summed E-state index contributed by atoms with van der Waals surface area (Å²) in [5.74, 6) is 1.17. The van der Waals surface area contributed by atoms with Crippen LogP contribution in [-0.4, -0.2) is 9.97 Å². The number of aromatic nitrogens is 2. The second-order valence-corrected chi connectivity index (χ2v) is 15.3. The predicted molar refractivity (Wildman–Crippen MR) is 234 cm³/mol. The van der Waals surface area contributed by atoms with Crippen LogP contribution in [0, 0.1) is 5.92 Å². The topological polar surface area (TPSA) is 38.9 Å². The molecule has 1 atom stereocenters. The van der Waals surface area contributed by atoms with Crippen molar-refractivity contribution >= 4 is 27.5 Å². The fourth-order valence-electron chi connectivity index (χ4n) is 9.22. The molecule has 270 valence electrons. The average Bonchev–Trinajstić information content (AvgIpc) is 3.81. The Kier molecular flexibility index (Phi) is 7.75. The molecule has 7 aromatic carbocycles. The van der Waals surface area contributed by atoms with Gasteiger partial charge in [0.15, 0.2) is 5.82 Å². The number of furan rings is 1. The van der Waals surface area contributed by atoms with E-state index < -0.39 is 5.41 Å². The van der Waals surface area contributed by atoms with Crippen LogP contribution in [0.5, 0.6) is 0 Å². The summed E-state index contributed by atoms with van der Waals surface area (Å²) in [4.78, 5) is 10.9. The van der Waals surface area contributed by atoms with E-state index >= 15 is 0 Å². The van der Waals surface area contributed by atoms with Gasteiger partial charge in [0.05, 0.1) is 16.8 Å². The molecule has 9 aromatic rings. The Hall–Kier alpha value is -7.10. The van der Waals surface area contributed by atoms with E-state index in [1.807, 2.05) is 0 Å². The monoisotopic (exact) mass is 730 g/mol. The second-order valence-electron chi connectivity index (χ2n) is 15.3. The number of para-hydroxylation sites is 1. The number of hydrogen-bond donors (Lipinski definition) is 0. The Balaban J connectivity index is 1.29. The van der Waals surface area contributed by atoms with Crippen LogP contribution in [0.15, 0.2) is 199 Å². The number of fused-ring (bicyclic) bond motifs is 7. The zero-order chi connectivity index (χ0) is 37.9. The van der Waals surface area contributed by atoms with Crippen LogP contribution >= 0.6 is 0 Å². The summed E-state index contributed by atoms with van der Waals surface area (Å²) in [6.07, 6.45) is 7.79. The maximum Gasteiger partial charge on any atom is 0.161 e. The summed E-state index contributed by atoms with van der Waals surface area (Å²) in [6, 6.07) is 63.0. The van der Waals surface area contributed by atoms with E-state index in [1.54, 1.807) is 0 Å². The Labute approximate surface area is 332 Å². The second kappa shape index (κ2) is 13.3. The van der Waals surface area contributed by atoms with E-state index in [2.05, 4.69) is 201 Å². The van der Waals surface area contributed by atoms with Crippen molar-refractivity contribution in [3.63, 3.8) is 0 Å². The molecule has 1 unspecified atom stereocenters. The molecule has 57 heavy (non-hydrogen) atoms. The number of benzene rings is 7. The molecule has 0 saturated heterocycles. The summed E-state index contributed by atoms with van der Waals surface area (Å²) in [6.45, 7) is 2.25. The largest absolute Gasteiger partial charge is 0.455 e. The van der Waals surface area contributed by atoms with Crippen LogP contribution in [0.25, 0.3) is 72.4 Å². The maximum atomic E-state index is 7.09. The molecule has 3 heteroatoms. The highest BCUT2D eigenvalue weighted by atomic mass is 16.3. The highest BCUT2D eigenvalue weighted by molar-refractivity contribution is 6.18. The van der Waals surface area contributed by atoms with Crippen LogP contribution in [0.3, 0.4) is 0 Å². The van der Waals surface area contributed by atoms with Gasteiger partial charge >= 0.3 is 0 Å². The quantitative estimate of drug-likeness (QED) is 0.171. The normalized spacial score (nSPS) is 15.4. The van der Waals surface area contributed by atoms with Crippen molar-refractivity contribution in [2.75, 3.05) is 0 Å². The summed E-state index contributed by atoms with van der Waals surface area (Å²) < 4.78 is 7.09. The Bertz CT molecular complexity index is 2990. The molecule has 0 spiro atoms. The van der Waals surface area contributed by atoms with Crippen molar-refractivity contribution in [2.45, 2.75) is 18.8 Å². The van der Waals surface area contributed by atoms with Crippen molar-refractivity contribution in [1.82, 2.24) is 9.97 Å². The number of nitrogens with zero attached hydrogens (tertiary/aromatic N) is 2. The molecule has 0 amide bonds. The summed E-state index contributed by atoms with van der Waals surface area (Å²) >= 11 is 0. The van der Waals surface area contributed by atoms with Gasteiger partial charge in [-0.25, -0.2) is 9.97 Å². The molecule has 11 rings (SSSR count). The minimum Gasteiger partial charge on any atom is -0.455 e. The lowest BCUT2D eigenvalue weighted by atomic mass is 9.67. The van der Waals surface area contributed by atoms with Crippen molar-refractivity contribution in [2.24, 2.45) is 5.92 Å². The number of hydrogen-bond acceptors (Lipinski definition) is 3. The standard InChI is InChI=1S/C54H38N2O/c1-35-26-28-38(29-27-35)48-34-47(37-18-8-3-9-19-37)55-53(56-48)44-33-46-51(52-50(44)43-24-14-15-25-49(43)57-52)42-31-30-39(36-16-6-2-7-17-36)32-45(42)54(46,40-20-10-4-11-21-40)41-22-12-5-13-23-41/h2-26,28-35H,27H2,1H3. The van der Waals surface area contributed by atoms with Crippen LogP contribution in [0.4, 0.5) is 0 Å². The third-order valence-corrected chi connectivity index (χ3v) is 11.9. The maximum absolute atomic E-state index is 7.09. The zero-order valence-corrected chi connectivity index (χ0v) is 31.6. The Morgan fingerprint density at radius 1 is 0.561 bits per heavy atom. The van der Waals surface area contributed by atoms with Crippen LogP contribution in [-0.2, 0) is 5.41 Å². The molecule has 0 bridgehead atoms. The molecule has 3 nitrogen and oxygen atoms in total. The summed E-state index contributed by atoms with van der Waals surface area (Å²) in [5, 5.41) is 2.07. The Morgan fingerprint density at radius 2 is 1.19 bits per heavy atom. The van der Waals surface area contributed by atoms with Gasteiger partial charge < -0.3 is 4.42 Å². The molecule has 0 fully saturated rings. The predicted octanol–water partition coefficient (Wildman–Crippen LogP) is 13.7. The first-order valence-electron chi connectivity index (χ1n) is 19.8. The molecule has 0 radical (unpaired) electrons. The Morgan fingerprint density at radius 3 is 1.88 bits per heavy atom. The van der Waals surface area contributed by atoms with Crippen molar-refractivity contribution in [3.05, 3.63) is 222 Å². The lowest BCUT2D eigenvalue weighted by molar-refractivity contribution is 0.669. The van der Waals surface area contributed by atoms with Gasteiger partial charge in [0.2, 0.25) is 0 Å². The van der Waals surface area contributed by atoms with Gasteiger partial charge in [-0.1, -0.05) is 177 Å². The zero-order valence-electron chi connectivity index (χ0n) is 31.6. The lowest BCUT2D eigenvalue weighted by Gasteiger charge is -2.34. The average molecular weight is 731 g/mol. The lowest BCUT2D eigenvalue weighted by Crippen LogP contribution is -2.28. The summed E-state index contributed by atoms with van der Waals surface area (Å²) in [7, 11) is 0. The highest BCUT2D eigenvalue weighted by Crippen LogP contribution is 2.60. The van der Waals surface area contributed by atoms with Crippen LogP contribution < -0.4 is 0 Å². The summed E-state index contributed by atoms with van der Waals surface area (Å²) in [5.41, 5.74) is 15.3. The fourth-order valence-corrected chi connectivity index (χ4v) is 9.22. The third kappa shape index (κ3) is 5.27. The molecule has 2 heterocycles. The van der Waals surface area contributed by atoms with E-state index in [0.717, 1.165) is 67.6 Å². The molecular formula is C54H38N2O. The van der Waals surface area contributed by atoms with Gasteiger partial charge in [0.1, 0.15) is 11.2 Å². The smallest absolute Gasteiger partial charge is 0.161 e. The molecule has 2 aliphatic rings. The van der Waals surface area contributed by atoms with Gasteiger partial charge in [0, 0.05) is 27.5 Å². The van der Waals surface area contributed by atoms with E-state index in [0.29, 0.717) is 11.7 Å². The van der Waals surface area contributed by atoms with Gasteiger partial charge in [-0.2, -0.15) is 0 Å². The first kappa shape index (κ1) is 33.3. The first-order valence-corrected chi connectivity index (χ1v) is 19.8. The van der Waals surface area contributed by atoms with Crippen LogP contribution in [0.1, 0.15) is 41.3 Å². The van der Waals surface area contributed by atoms with E-state index in [9.17, 15) is 0 Å². The van der Waals surface area contributed by atoms with Crippen molar-refractivity contribution in [1.29, 1.82) is 0 Å². The third-order valence-electron chi connectivity index (χ3n) is 11.9. The van der Waals surface area contributed by atoms with Gasteiger partial charge in [0.25, 0.3) is 0 Å². The molecule has 0 N–H and O–H groups in total. The van der Waals surface area contributed by atoms with E-state index in [1.165, 1.54) is 33.4 Å². The van der Waals surface area contributed by atoms with Crippen LogP contribution in [0.2, 0.25) is 0 Å². The number of rotatable bonds is 6. The highest BCUT2D eigenvalue weighted by Gasteiger charge is 2.48. The first-order chi connectivity index (χ1) is 28.2. The van der Waals surface area contributed by atoms with Crippen molar-refractivity contribution < 1.29 is 4.42 Å². The van der Waals surface area contributed by atoms with Crippen molar-refractivity contribution in [3.8, 4) is 44.9 Å². The van der Waals surface area contributed by atoms with Gasteiger partial charge in [-0.05, 0) is 81.1 Å². The SMILES string of the molecule is CC1C=CC(c2cc(-c3ccccc3)nc(-c3cc4c(c5oc6ccccc6c35)-c3ccc(-c5ccccc5)cc3C4(c3ccccc3)c3ccccc3)n2)=CC1. The molecule has 2 aromatic heterocycles. The van der Waals surface area contributed by atoms with E-state index in [4.69, 9.17) is 14.4 Å². The minimum absolute atomic E-state index is 0.491. The molecular weight excluding hydrogens is 693 g/mol. The minimum atomic E-state index is -0.676. The number of allylic oxidation sites excluding steroid dienone is 4. The fraction of sp³-hybridized carbons (Fsp3) is 0.0741. The van der Waals surface area contributed by atoms with Gasteiger partial charge in [-0.3, -0.25) is 0 Å². The molecule has 0 aliphatic heterocycles. The van der Waals surface area contributed by atoms with E-state index in [-0.39, 0.29) is 0 Å². The molecule has 2 aliphatic carbocycles.